The van der Waals surface area contributed by atoms with Crippen molar-refractivity contribution in [3.8, 4) is 0 Å². The Morgan fingerprint density at radius 3 is 1.25 bits per heavy atom. The summed E-state index contributed by atoms with van der Waals surface area (Å²) in [5.41, 5.74) is 2.62. The summed E-state index contributed by atoms with van der Waals surface area (Å²) in [6.45, 7) is 28.8. The van der Waals surface area contributed by atoms with Gasteiger partial charge < -0.3 is 4.90 Å². The van der Waals surface area contributed by atoms with Gasteiger partial charge in [0, 0.05) is 23.7 Å². The van der Waals surface area contributed by atoms with Crippen LogP contribution in [0, 0.1) is 16.2 Å². The highest BCUT2D eigenvalue weighted by molar-refractivity contribution is 5.14. The second-order valence-corrected chi connectivity index (χ2v) is 10.3. The molecule has 28 heavy (non-hydrogen) atoms. The zero-order valence-corrected chi connectivity index (χ0v) is 21.7. The highest BCUT2D eigenvalue weighted by Gasteiger charge is 2.44. The number of allylic oxidation sites excluding steroid dienone is 1. The summed E-state index contributed by atoms with van der Waals surface area (Å²) in [6, 6.07) is 0. The van der Waals surface area contributed by atoms with Gasteiger partial charge in [-0.1, -0.05) is 101 Å². The molecule has 0 aromatic heterocycles. The molecule has 0 radical (unpaired) electrons. The first-order chi connectivity index (χ1) is 13.0. The minimum absolute atomic E-state index is 0.208. The predicted octanol–water partition coefficient (Wildman–Crippen LogP) is 9.23. The smallest absolute Gasteiger partial charge is 0.0396 e. The molecule has 168 valence electrons. The molecule has 1 heteroatoms. The number of hydrogen-bond acceptors (Lipinski definition) is 1. The molecular formula is C27H55N. The minimum Gasteiger partial charge on any atom is -0.372 e. The first-order valence-electron chi connectivity index (χ1n) is 12.4. The van der Waals surface area contributed by atoms with Gasteiger partial charge in [-0.15, -0.1) is 0 Å². The summed E-state index contributed by atoms with van der Waals surface area (Å²) in [4.78, 5) is 2.65. The van der Waals surface area contributed by atoms with Gasteiger partial charge in [-0.3, -0.25) is 0 Å². The van der Waals surface area contributed by atoms with Crippen molar-refractivity contribution in [1.29, 1.82) is 0 Å². The summed E-state index contributed by atoms with van der Waals surface area (Å²) in [5.74, 6) is 0. The fourth-order valence-corrected chi connectivity index (χ4v) is 5.36. The maximum Gasteiger partial charge on any atom is 0.0396 e. The van der Waals surface area contributed by atoms with Crippen LogP contribution in [0.1, 0.15) is 133 Å². The van der Waals surface area contributed by atoms with Gasteiger partial charge in [-0.2, -0.15) is 0 Å². The maximum absolute atomic E-state index is 4.79. The molecule has 1 nitrogen and oxygen atoms in total. The topological polar surface area (TPSA) is 3.24 Å². The average Bonchev–Trinajstić information content (AvgIpc) is 2.74. The van der Waals surface area contributed by atoms with Crippen LogP contribution in [-0.2, 0) is 0 Å². The molecular weight excluding hydrogens is 338 g/mol. The first kappa shape index (κ1) is 27.5. The second kappa shape index (κ2) is 11.1. The molecule has 0 atom stereocenters. The Balaban J connectivity index is 6.07. The normalized spacial score (nSPS) is 13.7. The lowest BCUT2D eigenvalue weighted by Gasteiger charge is -2.53. The van der Waals surface area contributed by atoms with Crippen LogP contribution in [0.3, 0.4) is 0 Å². The summed E-state index contributed by atoms with van der Waals surface area (Å²) < 4.78 is 0. The van der Waals surface area contributed by atoms with Gasteiger partial charge in [0.2, 0.25) is 0 Å². The third kappa shape index (κ3) is 5.79. The van der Waals surface area contributed by atoms with E-state index in [9.17, 15) is 0 Å². The van der Waals surface area contributed by atoms with Crippen LogP contribution in [0.2, 0.25) is 0 Å². The van der Waals surface area contributed by atoms with Crippen molar-refractivity contribution < 1.29 is 0 Å². The predicted molar refractivity (Wildman–Crippen MR) is 130 cm³/mol. The molecule has 0 aliphatic heterocycles. The summed E-state index contributed by atoms with van der Waals surface area (Å²) in [5, 5.41) is 0. The van der Waals surface area contributed by atoms with Crippen LogP contribution in [0.25, 0.3) is 0 Å². The van der Waals surface area contributed by atoms with E-state index in [1.165, 1.54) is 69.9 Å². The number of rotatable bonds is 15. The van der Waals surface area contributed by atoms with E-state index >= 15 is 0 Å². The molecule has 0 aliphatic rings. The zero-order chi connectivity index (χ0) is 22.2. The number of hydrogen-bond donors (Lipinski definition) is 0. The molecule has 0 aromatic carbocycles. The van der Waals surface area contributed by atoms with Gasteiger partial charge in [-0.05, 0) is 49.4 Å². The van der Waals surface area contributed by atoms with Gasteiger partial charge in [0.1, 0.15) is 0 Å². The van der Waals surface area contributed by atoms with E-state index in [2.05, 4.69) is 81.2 Å². The largest absolute Gasteiger partial charge is 0.372 e. The Labute approximate surface area is 179 Å². The lowest BCUT2D eigenvalue weighted by Crippen LogP contribution is -2.51. The van der Waals surface area contributed by atoms with Gasteiger partial charge >= 0.3 is 0 Å². The van der Waals surface area contributed by atoms with Crippen molar-refractivity contribution in [1.82, 2.24) is 4.90 Å². The van der Waals surface area contributed by atoms with Crippen molar-refractivity contribution in [3.05, 3.63) is 12.3 Å². The minimum atomic E-state index is 0.208. The SMILES string of the molecule is C=C(N(C)C(CC)(CC)CC(C)(CC)CC)C(CC)(CC)CC(C)(CC)CC. The van der Waals surface area contributed by atoms with Crippen LogP contribution < -0.4 is 0 Å². The van der Waals surface area contributed by atoms with E-state index in [1.54, 1.807) is 0 Å². The molecule has 0 heterocycles. The highest BCUT2D eigenvalue weighted by Crippen LogP contribution is 2.51. The Morgan fingerprint density at radius 2 is 0.964 bits per heavy atom. The first-order valence-corrected chi connectivity index (χ1v) is 12.4. The third-order valence-corrected chi connectivity index (χ3v) is 9.33. The van der Waals surface area contributed by atoms with E-state index in [4.69, 9.17) is 6.58 Å². The van der Waals surface area contributed by atoms with Gasteiger partial charge in [0.25, 0.3) is 0 Å². The van der Waals surface area contributed by atoms with E-state index in [0.29, 0.717) is 10.8 Å². The lowest BCUT2D eigenvalue weighted by atomic mass is 9.64. The maximum atomic E-state index is 4.79. The Kier molecular flexibility index (Phi) is 10.9. The lowest BCUT2D eigenvalue weighted by molar-refractivity contribution is 0.0349. The molecule has 0 rings (SSSR count). The standard InChI is InChI=1S/C27H55N/c1-13-24(10,14-2)21-26(17-5,18-6)23(9)28(12)27(19-7,20-8)22-25(11,15-3)16-4/h9,13-22H2,1-8,10-12H3. The molecule has 0 bridgehead atoms. The van der Waals surface area contributed by atoms with E-state index in [-0.39, 0.29) is 11.0 Å². The van der Waals surface area contributed by atoms with Crippen molar-refractivity contribution in [2.24, 2.45) is 16.2 Å². The molecule has 0 unspecified atom stereocenters. The van der Waals surface area contributed by atoms with E-state index in [1.807, 2.05) is 0 Å². The van der Waals surface area contributed by atoms with Crippen LogP contribution in [-0.4, -0.2) is 17.5 Å². The molecule has 0 aromatic rings. The third-order valence-electron chi connectivity index (χ3n) is 9.33. The Morgan fingerprint density at radius 1 is 0.607 bits per heavy atom. The van der Waals surface area contributed by atoms with Crippen LogP contribution in [0.5, 0.6) is 0 Å². The second-order valence-electron chi connectivity index (χ2n) is 10.3. The molecule has 0 saturated carbocycles. The monoisotopic (exact) mass is 393 g/mol. The molecule has 0 saturated heterocycles. The molecule has 0 aliphatic carbocycles. The summed E-state index contributed by atoms with van der Waals surface area (Å²) in [6.07, 6.45) is 12.3. The zero-order valence-electron chi connectivity index (χ0n) is 21.7. The summed E-state index contributed by atoms with van der Waals surface area (Å²) >= 11 is 0. The van der Waals surface area contributed by atoms with Crippen molar-refractivity contribution >= 4 is 0 Å². The van der Waals surface area contributed by atoms with Gasteiger partial charge in [0.15, 0.2) is 0 Å². The Hall–Kier alpha value is -0.460. The average molecular weight is 394 g/mol. The molecule has 0 N–H and O–H groups in total. The molecule has 0 fully saturated rings. The van der Waals surface area contributed by atoms with E-state index < -0.39 is 0 Å². The fraction of sp³-hybridized carbons (Fsp3) is 0.926. The van der Waals surface area contributed by atoms with Crippen molar-refractivity contribution in [3.63, 3.8) is 0 Å². The number of nitrogens with zero attached hydrogens (tertiary/aromatic N) is 1. The van der Waals surface area contributed by atoms with Crippen molar-refractivity contribution in [2.45, 2.75) is 139 Å². The molecule has 0 amide bonds. The van der Waals surface area contributed by atoms with Crippen molar-refractivity contribution in [2.75, 3.05) is 7.05 Å². The highest BCUT2D eigenvalue weighted by atomic mass is 15.2. The molecule has 0 spiro atoms. The van der Waals surface area contributed by atoms with Crippen LogP contribution in [0.15, 0.2) is 12.3 Å². The van der Waals surface area contributed by atoms with Crippen LogP contribution in [0.4, 0.5) is 0 Å². The fourth-order valence-electron chi connectivity index (χ4n) is 5.36. The van der Waals surface area contributed by atoms with Gasteiger partial charge in [-0.25, -0.2) is 0 Å². The van der Waals surface area contributed by atoms with Gasteiger partial charge in [0.05, 0.1) is 0 Å². The van der Waals surface area contributed by atoms with Crippen LogP contribution >= 0.6 is 0 Å². The quantitative estimate of drug-likeness (QED) is 0.268. The Bertz CT molecular complexity index is 445. The van der Waals surface area contributed by atoms with E-state index in [0.717, 1.165) is 0 Å². The summed E-state index contributed by atoms with van der Waals surface area (Å²) in [7, 11) is 2.36.